The Bertz CT molecular complexity index is 1190. The van der Waals surface area contributed by atoms with E-state index in [0.29, 0.717) is 19.6 Å². The van der Waals surface area contributed by atoms with Gasteiger partial charge in [-0.1, -0.05) is 0 Å². The minimum Gasteiger partial charge on any atom is -0.508 e. The van der Waals surface area contributed by atoms with Crippen LogP contribution in [0.1, 0.15) is 22.3 Å². The minimum absolute atomic E-state index is 0.218. The second-order valence-corrected chi connectivity index (χ2v) is 7.43. The Hall–Kier alpha value is -3.68. The maximum Gasteiger partial charge on any atom is 0.321 e. The molecule has 0 unspecified atom stereocenters. The summed E-state index contributed by atoms with van der Waals surface area (Å²) in [6.07, 6.45) is 3.75. The first kappa shape index (κ1) is 19.6. The molecule has 2 heterocycles. The van der Waals surface area contributed by atoms with E-state index in [0.717, 1.165) is 44.1 Å². The highest BCUT2D eigenvalue weighted by atomic mass is 16.3. The van der Waals surface area contributed by atoms with Crippen LogP contribution in [0.3, 0.4) is 0 Å². The largest absolute Gasteiger partial charge is 0.508 e. The molecule has 0 fully saturated rings. The van der Waals surface area contributed by atoms with Gasteiger partial charge in [0.25, 0.3) is 0 Å². The van der Waals surface area contributed by atoms with Gasteiger partial charge in [-0.15, -0.1) is 0 Å². The molecule has 0 radical (unpaired) electrons. The molecule has 5 N–H and O–H groups in total. The Morgan fingerprint density at radius 3 is 2.70 bits per heavy atom. The van der Waals surface area contributed by atoms with Gasteiger partial charge in [0.05, 0.1) is 12.1 Å². The predicted molar refractivity (Wildman–Crippen MR) is 117 cm³/mol. The van der Waals surface area contributed by atoms with Crippen molar-refractivity contribution in [1.29, 1.82) is 0 Å². The van der Waals surface area contributed by atoms with Gasteiger partial charge in [0, 0.05) is 42.6 Å². The van der Waals surface area contributed by atoms with Crippen molar-refractivity contribution in [2.24, 2.45) is 0 Å². The first-order valence-corrected chi connectivity index (χ1v) is 9.85. The molecule has 2 aromatic carbocycles. The lowest BCUT2D eigenvalue weighted by molar-refractivity contribution is 0.213. The van der Waals surface area contributed by atoms with Crippen LogP contribution in [0.4, 0.5) is 9.59 Å². The number of fused-ring (bicyclic) bond motifs is 4. The number of amides is 4. The van der Waals surface area contributed by atoms with Gasteiger partial charge in [-0.2, -0.15) is 0 Å². The molecule has 0 bridgehead atoms. The number of aromatic hydroxyl groups is 1. The third-order valence-corrected chi connectivity index (χ3v) is 5.64. The molecule has 0 saturated carbocycles. The number of aromatic amines is 1. The predicted octanol–water partition coefficient (Wildman–Crippen LogP) is 3.07. The van der Waals surface area contributed by atoms with Gasteiger partial charge in [-0.3, -0.25) is 4.90 Å². The second-order valence-electron chi connectivity index (χ2n) is 7.43. The SMILES string of the molecule is CNC(=O)NCCNC(=O)N1C=Cc2c(c(C)c3c([nH]c4ccc(O)cc43)c2C)C1. The highest BCUT2D eigenvalue weighted by Crippen LogP contribution is 2.38. The fraction of sp³-hybridized carbons (Fsp3) is 0.273. The first-order chi connectivity index (χ1) is 14.4. The quantitative estimate of drug-likeness (QED) is 0.431. The van der Waals surface area contributed by atoms with E-state index in [1.807, 2.05) is 12.1 Å². The molecule has 8 heteroatoms. The monoisotopic (exact) mass is 407 g/mol. The Morgan fingerprint density at radius 1 is 1.17 bits per heavy atom. The van der Waals surface area contributed by atoms with Crippen molar-refractivity contribution in [2.75, 3.05) is 20.1 Å². The van der Waals surface area contributed by atoms with Gasteiger partial charge in [-0.05, 0) is 60.4 Å². The number of phenols is 1. The molecule has 1 aliphatic heterocycles. The smallest absolute Gasteiger partial charge is 0.321 e. The lowest BCUT2D eigenvalue weighted by atomic mass is 9.90. The summed E-state index contributed by atoms with van der Waals surface area (Å²) in [5.74, 6) is 0.226. The van der Waals surface area contributed by atoms with E-state index in [9.17, 15) is 14.7 Å². The molecule has 4 amide bonds. The number of aryl methyl sites for hydroxylation is 2. The Balaban J connectivity index is 1.62. The molecule has 0 saturated heterocycles. The van der Waals surface area contributed by atoms with E-state index < -0.39 is 0 Å². The van der Waals surface area contributed by atoms with Crippen molar-refractivity contribution in [3.8, 4) is 5.75 Å². The maximum atomic E-state index is 12.6. The van der Waals surface area contributed by atoms with Crippen LogP contribution in [0, 0.1) is 13.8 Å². The van der Waals surface area contributed by atoms with Gasteiger partial charge < -0.3 is 26.0 Å². The molecule has 156 valence electrons. The zero-order valence-corrected chi connectivity index (χ0v) is 17.2. The van der Waals surface area contributed by atoms with E-state index in [1.165, 1.54) is 0 Å². The molecule has 1 aliphatic rings. The van der Waals surface area contributed by atoms with Crippen molar-refractivity contribution < 1.29 is 14.7 Å². The molecule has 3 aromatic rings. The highest BCUT2D eigenvalue weighted by molar-refractivity contribution is 6.11. The minimum atomic E-state index is -0.282. The lowest BCUT2D eigenvalue weighted by Crippen LogP contribution is -2.42. The number of carbonyl (C=O) groups excluding carboxylic acids is 2. The van der Waals surface area contributed by atoms with E-state index in [2.05, 4.69) is 34.8 Å². The van der Waals surface area contributed by atoms with E-state index >= 15 is 0 Å². The van der Waals surface area contributed by atoms with Crippen LogP contribution in [-0.2, 0) is 6.54 Å². The fourth-order valence-electron chi connectivity index (χ4n) is 4.06. The molecule has 1 aromatic heterocycles. The normalized spacial score (nSPS) is 12.8. The summed E-state index contributed by atoms with van der Waals surface area (Å²) in [5.41, 5.74) is 6.43. The maximum absolute atomic E-state index is 12.6. The summed E-state index contributed by atoms with van der Waals surface area (Å²) >= 11 is 0. The highest BCUT2D eigenvalue weighted by Gasteiger charge is 2.23. The lowest BCUT2D eigenvalue weighted by Gasteiger charge is -2.27. The van der Waals surface area contributed by atoms with Gasteiger partial charge >= 0.3 is 12.1 Å². The molecule has 0 aliphatic carbocycles. The van der Waals surface area contributed by atoms with E-state index in [1.54, 1.807) is 30.3 Å². The number of urea groups is 2. The number of rotatable bonds is 3. The Morgan fingerprint density at radius 2 is 1.93 bits per heavy atom. The van der Waals surface area contributed by atoms with Crippen molar-refractivity contribution >= 4 is 39.9 Å². The number of aromatic nitrogens is 1. The van der Waals surface area contributed by atoms with Crippen molar-refractivity contribution in [2.45, 2.75) is 20.4 Å². The van der Waals surface area contributed by atoms with E-state index in [4.69, 9.17) is 0 Å². The number of hydrogen-bond acceptors (Lipinski definition) is 3. The van der Waals surface area contributed by atoms with Crippen LogP contribution >= 0.6 is 0 Å². The molecular weight excluding hydrogens is 382 g/mol. The Labute approximate surface area is 173 Å². The van der Waals surface area contributed by atoms with Gasteiger partial charge in [0.2, 0.25) is 0 Å². The topological polar surface area (TPSA) is 109 Å². The molecule has 0 atom stereocenters. The first-order valence-electron chi connectivity index (χ1n) is 9.85. The van der Waals surface area contributed by atoms with Crippen LogP contribution in [0.5, 0.6) is 5.75 Å². The summed E-state index contributed by atoms with van der Waals surface area (Å²) in [5, 5.41) is 19.9. The number of hydrogen-bond donors (Lipinski definition) is 5. The third kappa shape index (κ3) is 3.30. The van der Waals surface area contributed by atoms with Gasteiger partial charge in [-0.25, -0.2) is 9.59 Å². The molecular formula is C22H25N5O3. The number of nitrogens with one attached hydrogen (secondary N) is 4. The number of benzene rings is 2. The zero-order chi connectivity index (χ0) is 21.4. The number of phenolic OH excluding ortho intramolecular Hbond substituents is 1. The fourth-order valence-corrected chi connectivity index (χ4v) is 4.06. The van der Waals surface area contributed by atoms with Crippen LogP contribution in [0.25, 0.3) is 27.9 Å². The summed E-state index contributed by atoms with van der Waals surface area (Å²) in [6.45, 7) is 5.26. The summed E-state index contributed by atoms with van der Waals surface area (Å²) in [7, 11) is 1.54. The van der Waals surface area contributed by atoms with Crippen LogP contribution < -0.4 is 16.0 Å². The summed E-state index contributed by atoms with van der Waals surface area (Å²) in [6, 6.07) is 4.83. The van der Waals surface area contributed by atoms with Crippen molar-refractivity contribution in [3.63, 3.8) is 0 Å². The molecule has 4 rings (SSSR count). The van der Waals surface area contributed by atoms with Crippen LogP contribution in [0.15, 0.2) is 24.4 Å². The van der Waals surface area contributed by atoms with Crippen molar-refractivity contribution in [1.82, 2.24) is 25.8 Å². The average molecular weight is 407 g/mol. The van der Waals surface area contributed by atoms with Crippen LogP contribution in [0.2, 0.25) is 0 Å². The zero-order valence-electron chi connectivity index (χ0n) is 17.2. The summed E-state index contributed by atoms with van der Waals surface area (Å²) < 4.78 is 0. The van der Waals surface area contributed by atoms with Crippen LogP contribution in [-0.4, -0.2) is 47.2 Å². The standard InChI is InChI=1S/C22H25N5O3/c1-12-17-11-27(22(30)25-8-7-24-21(29)23-3)9-6-15(17)13(2)20-19(12)16-10-14(28)4-5-18(16)26-20/h4-6,9-10,26,28H,7-8,11H2,1-3H3,(H,25,30)(H2,23,24,29). The number of H-pyrrole nitrogens is 1. The molecule has 8 nitrogen and oxygen atoms in total. The molecule has 0 spiro atoms. The number of carbonyl (C=O) groups is 2. The van der Waals surface area contributed by atoms with Crippen molar-refractivity contribution in [3.05, 3.63) is 46.7 Å². The third-order valence-electron chi connectivity index (χ3n) is 5.64. The average Bonchev–Trinajstić information content (AvgIpc) is 3.13. The van der Waals surface area contributed by atoms with Gasteiger partial charge in [0.1, 0.15) is 5.75 Å². The van der Waals surface area contributed by atoms with Gasteiger partial charge in [0.15, 0.2) is 0 Å². The number of nitrogens with zero attached hydrogens (tertiary/aromatic N) is 1. The molecule has 30 heavy (non-hydrogen) atoms. The summed E-state index contributed by atoms with van der Waals surface area (Å²) in [4.78, 5) is 28.9. The van der Waals surface area contributed by atoms with E-state index in [-0.39, 0.29) is 17.8 Å². The second kappa shape index (κ2) is 7.62. The Kier molecular flexibility index (Phi) is 4.99.